The van der Waals surface area contributed by atoms with Crippen LogP contribution in [0, 0.1) is 33.5 Å². The van der Waals surface area contributed by atoms with Crippen molar-refractivity contribution >= 4 is 29.2 Å². The van der Waals surface area contributed by atoms with E-state index in [1.165, 1.54) is 17.6 Å². The molecule has 58 heavy (non-hydrogen) atoms. The average molecular weight is 781 g/mol. The number of unbranched alkanes of at least 4 members (excludes halogenated alkanes) is 3. The zero-order valence-corrected chi connectivity index (χ0v) is 33.9. The molecular weight excluding hydrogens is 729 g/mol. The quantitative estimate of drug-likeness (QED) is 0.144. The fraction of sp³-hybridized carbons (Fsp3) is 0.447. The van der Waals surface area contributed by atoms with Crippen LogP contribution < -0.4 is 15.4 Å². The van der Waals surface area contributed by atoms with E-state index in [1.54, 1.807) is 23.1 Å². The fourth-order valence-corrected chi connectivity index (χ4v) is 9.73. The summed E-state index contributed by atoms with van der Waals surface area (Å²) in [6, 6.07) is 22.2. The Kier molecular flexibility index (Phi) is 11.6. The van der Waals surface area contributed by atoms with Crippen molar-refractivity contribution in [3.05, 3.63) is 106 Å². The van der Waals surface area contributed by atoms with Crippen LogP contribution in [0.3, 0.4) is 0 Å². The van der Waals surface area contributed by atoms with Crippen molar-refractivity contribution in [3.63, 3.8) is 0 Å². The molecule has 1 saturated carbocycles. The molecule has 3 aliphatic heterocycles. The molecule has 7 rings (SSSR count). The maximum atomic E-state index is 13.4. The van der Waals surface area contributed by atoms with Gasteiger partial charge in [0, 0.05) is 54.1 Å². The number of nitrogens with one attached hydrogen (secondary N) is 2. The topological polar surface area (TPSA) is 156 Å². The van der Waals surface area contributed by atoms with Crippen LogP contribution in [0.2, 0.25) is 0 Å². The van der Waals surface area contributed by atoms with Crippen LogP contribution in [-0.4, -0.2) is 71.3 Å². The van der Waals surface area contributed by atoms with Crippen LogP contribution in [0.1, 0.15) is 121 Å². The van der Waals surface area contributed by atoms with Crippen LogP contribution in [0.25, 0.3) is 5.57 Å². The highest BCUT2D eigenvalue weighted by Gasteiger charge is 2.64. The van der Waals surface area contributed by atoms with Gasteiger partial charge in [-0.3, -0.25) is 29.4 Å². The van der Waals surface area contributed by atoms with Crippen molar-refractivity contribution < 1.29 is 23.9 Å². The smallest absolute Gasteiger partial charge is 0.255 e. The third-order valence-corrected chi connectivity index (χ3v) is 12.7. The van der Waals surface area contributed by atoms with Gasteiger partial charge in [0.15, 0.2) is 0 Å². The number of nitrogens with zero attached hydrogens (tertiary/aromatic N) is 4. The number of hydrogen-bond acceptors (Lipinski definition) is 8. The van der Waals surface area contributed by atoms with Gasteiger partial charge in [-0.25, -0.2) is 0 Å². The van der Waals surface area contributed by atoms with Crippen molar-refractivity contribution in [3.8, 4) is 17.9 Å². The minimum atomic E-state index is -0.600. The average Bonchev–Trinajstić information content (AvgIpc) is 3.54. The van der Waals surface area contributed by atoms with Crippen LogP contribution in [0.15, 0.2) is 66.7 Å². The van der Waals surface area contributed by atoms with Crippen LogP contribution in [0.5, 0.6) is 5.75 Å². The van der Waals surface area contributed by atoms with Crippen molar-refractivity contribution in [2.45, 2.75) is 104 Å². The number of amides is 4. The lowest BCUT2D eigenvalue weighted by Crippen LogP contribution is -2.74. The highest BCUT2D eigenvalue weighted by molar-refractivity contribution is 6.05. The van der Waals surface area contributed by atoms with Crippen molar-refractivity contribution in [2.75, 3.05) is 19.6 Å². The SMILES string of the molecule is CC1(C)[C@H](NC(=O)c2ccc(CCCCCCN3CC=C(c4ccc5c(c4)CN(C4CCC(=O)NC4=O)C5=O)CC3)cc2)C(C)(C)[C@H]1Oc1ccc(C#N)c(C#N)c1. The van der Waals surface area contributed by atoms with E-state index in [0.717, 1.165) is 62.9 Å². The number of rotatable bonds is 13. The van der Waals surface area contributed by atoms with Gasteiger partial charge >= 0.3 is 0 Å². The van der Waals surface area contributed by atoms with Crippen molar-refractivity contribution in [2.24, 2.45) is 10.8 Å². The molecule has 1 unspecified atom stereocenters. The summed E-state index contributed by atoms with van der Waals surface area (Å²) < 4.78 is 6.36. The molecule has 2 fully saturated rings. The minimum Gasteiger partial charge on any atom is -0.489 e. The Bertz CT molecular complexity index is 2210. The number of ether oxygens (including phenoxy) is 1. The second-order valence-electron chi connectivity index (χ2n) is 17.4. The van der Waals surface area contributed by atoms with Crippen LogP contribution in [0.4, 0.5) is 0 Å². The highest BCUT2D eigenvalue weighted by Crippen LogP contribution is 2.55. The summed E-state index contributed by atoms with van der Waals surface area (Å²) in [6.07, 6.45) is 9.18. The lowest BCUT2D eigenvalue weighted by Gasteiger charge is -2.63. The van der Waals surface area contributed by atoms with Gasteiger partial charge < -0.3 is 15.0 Å². The highest BCUT2D eigenvalue weighted by atomic mass is 16.5. The summed E-state index contributed by atoms with van der Waals surface area (Å²) in [4.78, 5) is 54.6. The molecule has 0 radical (unpaired) electrons. The molecule has 1 aliphatic carbocycles. The first-order valence-corrected chi connectivity index (χ1v) is 20.5. The molecular formula is C47H52N6O5. The first-order valence-electron chi connectivity index (χ1n) is 20.5. The Morgan fingerprint density at radius 1 is 0.897 bits per heavy atom. The number of piperidine rings is 1. The number of nitriles is 2. The van der Waals surface area contributed by atoms with Gasteiger partial charge in [0.05, 0.1) is 11.1 Å². The Morgan fingerprint density at radius 2 is 1.64 bits per heavy atom. The van der Waals surface area contributed by atoms with Gasteiger partial charge in [0.1, 0.15) is 30.0 Å². The number of aryl methyl sites for hydroxylation is 1. The summed E-state index contributed by atoms with van der Waals surface area (Å²) >= 11 is 0. The van der Waals surface area contributed by atoms with Crippen LogP contribution >= 0.6 is 0 Å². The van der Waals surface area contributed by atoms with E-state index in [1.807, 2.05) is 30.3 Å². The number of benzene rings is 3. The van der Waals surface area contributed by atoms with Gasteiger partial charge in [-0.05, 0) is 103 Å². The molecule has 1 atom stereocenters. The lowest BCUT2D eigenvalue weighted by atomic mass is 9.49. The van der Waals surface area contributed by atoms with Crippen molar-refractivity contribution in [1.82, 2.24) is 20.4 Å². The van der Waals surface area contributed by atoms with E-state index in [2.05, 4.69) is 73.6 Å². The maximum Gasteiger partial charge on any atom is 0.255 e. The third-order valence-electron chi connectivity index (χ3n) is 12.7. The zero-order chi connectivity index (χ0) is 41.2. The van der Waals surface area contributed by atoms with E-state index >= 15 is 0 Å². The number of hydrogen-bond donors (Lipinski definition) is 2. The van der Waals surface area contributed by atoms with Crippen molar-refractivity contribution in [1.29, 1.82) is 10.5 Å². The predicted molar refractivity (Wildman–Crippen MR) is 219 cm³/mol. The minimum absolute atomic E-state index is 0.108. The summed E-state index contributed by atoms with van der Waals surface area (Å²) in [5.41, 5.74) is 5.73. The molecule has 11 heteroatoms. The molecule has 3 heterocycles. The Balaban J connectivity index is 0.809. The third kappa shape index (κ3) is 8.14. The Morgan fingerprint density at radius 3 is 2.33 bits per heavy atom. The van der Waals surface area contributed by atoms with Gasteiger partial charge in [-0.2, -0.15) is 10.5 Å². The number of carbonyl (C=O) groups is 4. The maximum absolute atomic E-state index is 13.4. The second-order valence-corrected chi connectivity index (χ2v) is 17.4. The molecule has 300 valence electrons. The van der Waals surface area contributed by atoms with Gasteiger partial charge in [0.25, 0.3) is 11.8 Å². The molecule has 3 aromatic carbocycles. The first kappa shape index (κ1) is 40.4. The molecule has 4 amide bonds. The predicted octanol–water partition coefficient (Wildman–Crippen LogP) is 6.70. The largest absolute Gasteiger partial charge is 0.489 e. The standard InChI is InChI=1S/C47H52N6O5/c1-46(2)44(47(3,4)45(46)58-37-16-14-34(27-48)35(26-37)28-49)51-41(55)32-12-10-30(11-13-32)9-7-5-6-8-22-52-23-20-31(21-24-52)33-15-17-38-36(25-33)29-53(43(38)57)39-18-19-40(54)50-42(39)56/h10-17,20,25-26,39,44-45H,5-9,18-19,21-24,29H2,1-4H3,(H,51,55)(H,50,54,56)/t39?,44-,45-. The van der Waals surface area contributed by atoms with E-state index < -0.39 is 6.04 Å². The summed E-state index contributed by atoms with van der Waals surface area (Å²) in [5, 5.41) is 24.3. The first-order chi connectivity index (χ1) is 27.8. The van der Waals surface area contributed by atoms with E-state index in [-0.39, 0.29) is 58.6 Å². The molecule has 11 nitrogen and oxygen atoms in total. The van der Waals surface area contributed by atoms with E-state index in [9.17, 15) is 29.7 Å². The zero-order valence-electron chi connectivity index (χ0n) is 33.9. The fourth-order valence-electron chi connectivity index (χ4n) is 9.73. The number of carbonyl (C=O) groups excluding carboxylic acids is 4. The summed E-state index contributed by atoms with van der Waals surface area (Å²) in [5.74, 6) is -0.380. The molecule has 4 aliphatic rings. The van der Waals surface area contributed by atoms with E-state index in [4.69, 9.17) is 4.74 Å². The molecule has 2 N–H and O–H groups in total. The van der Waals surface area contributed by atoms with Gasteiger partial charge in [0.2, 0.25) is 11.8 Å². The molecule has 0 aromatic heterocycles. The molecule has 1 saturated heterocycles. The monoisotopic (exact) mass is 780 g/mol. The van der Waals surface area contributed by atoms with E-state index in [0.29, 0.717) is 35.4 Å². The second kappa shape index (κ2) is 16.6. The summed E-state index contributed by atoms with van der Waals surface area (Å²) in [7, 11) is 0. The number of imide groups is 1. The van der Waals surface area contributed by atoms with Crippen LogP contribution in [-0.2, 0) is 22.6 Å². The normalized spacial score (nSPS) is 22.2. The van der Waals surface area contributed by atoms with Gasteiger partial charge in [-0.15, -0.1) is 0 Å². The molecule has 0 spiro atoms. The number of fused-ring (bicyclic) bond motifs is 1. The Labute approximate surface area is 341 Å². The lowest BCUT2D eigenvalue weighted by molar-refractivity contribution is -0.164. The molecule has 3 aromatic rings. The van der Waals surface area contributed by atoms with Gasteiger partial charge in [-0.1, -0.05) is 64.8 Å². The molecule has 0 bridgehead atoms. The Hall–Kier alpha value is -5.78. The summed E-state index contributed by atoms with van der Waals surface area (Å²) in [6.45, 7) is 11.7.